The van der Waals surface area contributed by atoms with Crippen LogP contribution in [0.3, 0.4) is 0 Å². The van der Waals surface area contributed by atoms with Crippen molar-refractivity contribution in [1.29, 1.82) is 0 Å². The van der Waals surface area contributed by atoms with Gasteiger partial charge in [-0.1, -0.05) is 43.3 Å². The topological polar surface area (TPSA) is 22.1 Å². The molecule has 1 atom stereocenters. The Balaban J connectivity index is 1.75. The van der Waals surface area contributed by atoms with Gasteiger partial charge in [0.25, 0.3) is 0 Å². The van der Waals surface area contributed by atoms with E-state index in [0.29, 0.717) is 12.5 Å². The second kappa shape index (κ2) is 8.70. The van der Waals surface area contributed by atoms with Gasteiger partial charge in [-0.15, -0.1) is 0 Å². The fourth-order valence-electron chi connectivity index (χ4n) is 2.63. The quantitative estimate of drug-likeness (QED) is 0.626. The van der Waals surface area contributed by atoms with Crippen LogP contribution in [0.1, 0.15) is 54.6 Å². The normalized spacial score (nSPS) is 12.3. The lowest BCUT2D eigenvalue weighted by Crippen LogP contribution is -2.04. The molecule has 0 bridgehead atoms. The third-order valence-corrected chi connectivity index (χ3v) is 4.24. The van der Waals surface area contributed by atoms with E-state index in [-0.39, 0.29) is 0 Å². The van der Waals surface area contributed by atoms with Crippen LogP contribution in [0.5, 0.6) is 0 Å². The van der Waals surface area contributed by atoms with Gasteiger partial charge in [0.15, 0.2) is 0 Å². The summed E-state index contributed by atoms with van der Waals surface area (Å²) in [5, 5.41) is 0. The second-order valence-electron chi connectivity index (χ2n) is 5.92. The van der Waals surface area contributed by atoms with Gasteiger partial charge in [0.2, 0.25) is 0 Å². The van der Waals surface area contributed by atoms with Crippen LogP contribution in [0.25, 0.3) is 0 Å². The highest BCUT2D eigenvalue weighted by molar-refractivity contribution is 5.22. The summed E-state index contributed by atoms with van der Waals surface area (Å²) in [6, 6.07) is 14.7. The average molecular weight is 297 g/mol. The van der Waals surface area contributed by atoms with E-state index in [1.165, 1.54) is 16.8 Å². The summed E-state index contributed by atoms with van der Waals surface area (Å²) in [5.74, 6) is 0.541. The van der Waals surface area contributed by atoms with Gasteiger partial charge in [-0.3, -0.25) is 4.98 Å². The SMILES string of the molecule is CCC(CCCOCc1ccccc1)c1ccc(C)c(C)n1. The molecule has 0 aliphatic carbocycles. The fourth-order valence-corrected chi connectivity index (χ4v) is 2.63. The molecule has 0 amide bonds. The third-order valence-electron chi connectivity index (χ3n) is 4.24. The molecule has 0 aliphatic rings. The number of nitrogens with zero attached hydrogens (tertiary/aromatic N) is 1. The molecular formula is C20H27NO. The van der Waals surface area contributed by atoms with Crippen molar-refractivity contribution in [2.45, 2.75) is 52.6 Å². The molecule has 0 fully saturated rings. The molecule has 1 aromatic heterocycles. The summed E-state index contributed by atoms with van der Waals surface area (Å²) >= 11 is 0. The van der Waals surface area contributed by atoms with Crippen LogP contribution in [0.4, 0.5) is 0 Å². The summed E-state index contributed by atoms with van der Waals surface area (Å²) in [5.41, 5.74) is 4.89. The van der Waals surface area contributed by atoms with Gasteiger partial charge in [0.1, 0.15) is 0 Å². The van der Waals surface area contributed by atoms with Gasteiger partial charge in [0.05, 0.1) is 6.61 Å². The summed E-state index contributed by atoms with van der Waals surface area (Å²) in [4.78, 5) is 4.75. The van der Waals surface area contributed by atoms with Gasteiger partial charge >= 0.3 is 0 Å². The van der Waals surface area contributed by atoms with Crippen molar-refractivity contribution in [3.05, 3.63) is 65.0 Å². The lowest BCUT2D eigenvalue weighted by atomic mass is 9.95. The monoisotopic (exact) mass is 297 g/mol. The van der Waals surface area contributed by atoms with Gasteiger partial charge in [-0.2, -0.15) is 0 Å². The number of pyridine rings is 1. The number of aromatic nitrogens is 1. The molecule has 0 radical (unpaired) electrons. The predicted molar refractivity (Wildman–Crippen MR) is 92.1 cm³/mol. The zero-order chi connectivity index (χ0) is 15.8. The Labute approximate surface area is 134 Å². The molecule has 2 nitrogen and oxygen atoms in total. The first-order valence-corrected chi connectivity index (χ1v) is 8.26. The largest absolute Gasteiger partial charge is 0.377 e. The maximum atomic E-state index is 5.77. The van der Waals surface area contributed by atoms with E-state index < -0.39 is 0 Å². The predicted octanol–water partition coefficient (Wildman–Crippen LogP) is 5.19. The first-order chi connectivity index (χ1) is 10.7. The van der Waals surface area contributed by atoms with E-state index in [0.717, 1.165) is 31.6 Å². The minimum absolute atomic E-state index is 0.541. The number of hydrogen-bond donors (Lipinski definition) is 0. The minimum atomic E-state index is 0.541. The van der Waals surface area contributed by atoms with E-state index in [9.17, 15) is 0 Å². The molecule has 2 heteroatoms. The Morgan fingerprint density at radius 3 is 2.50 bits per heavy atom. The molecule has 22 heavy (non-hydrogen) atoms. The fraction of sp³-hybridized carbons (Fsp3) is 0.450. The summed E-state index contributed by atoms with van der Waals surface area (Å²) in [7, 11) is 0. The second-order valence-corrected chi connectivity index (χ2v) is 5.92. The van der Waals surface area contributed by atoms with Crippen molar-refractivity contribution in [2.24, 2.45) is 0 Å². The standard InChI is InChI=1S/C20H27NO/c1-4-19(20-13-12-16(2)17(3)21-20)11-8-14-22-15-18-9-6-5-7-10-18/h5-7,9-10,12-13,19H,4,8,11,14-15H2,1-3H3. The van der Waals surface area contributed by atoms with Crippen LogP contribution in [0.2, 0.25) is 0 Å². The highest BCUT2D eigenvalue weighted by Gasteiger charge is 2.11. The van der Waals surface area contributed by atoms with Crippen LogP contribution in [0.15, 0.2) is 42.5 Å². The van der Waals surface area contributed by atoms with Crippen LogP contribution in [-0.4, -0.2) is 11.6 Å². The first-order valence-electron chi connectivity index (χ1n) is 8.26. The molecule has 2 rings (SSSR count). The first kappa shape index (κ1) is 16.7. The van der Waals surface area contributed by atoms with Crippen LogP contribution < -0.4 is 0 Å². The smallest absolute Gasteiger partial charge is 0.0716 e. The van der Waals surface area contributed by atoms with Gasteiger partial charge in [-0.25, -0.2) is 0 Å². The highest BCUT2D eigenvalue weighted by atomic mass is 16.5. The molecular weight excluding hydrogens is 270 g/mol. The van der Waals surface area contributed by atoms with E-state index in [1.54, 1.807) is 0 Å². The Bertz CT molecular complexity index is 565. The van der Waals surface area contributed by atoms with Crippen molar-refractivity contribution in [1.82, 2.24) is 4.98 Å². The molecule has 0 spiro atoms. The Hall–Kier alpha value is -1.67. The lowest BCUT2D eigenvalue weighted by molar-refractivity contribution is 0.115. The number of ether oxygens (including phenoxy) is 1. The zero-order valence-corrected chi connectivity index (χ0v) is 14.0. The number of aryl methyl sites for hydroxylation is 2. The maximum Gasteiger partial charge on any atom is 0.0716 e. The molecule has 118 valence electrons. The van der Waals surface area contributed by atoms with Crippen LogP contribution in [-0.2, 0) is 11.3 Å². The van der Waals surface area contributed by atoms with E-state index in [1.807, 2.05) is 6.07 Å². The van der Waals surface area contributed by atoms with Gasteiger partial charge in [-0.05, 0) is 50.3 Å². The zero-order valence-electron chi connectivity index (χ0n) is 14.0. The Kier molecular flexibility index (Phi) is 6.60. The van der Waals surface area contributed by atoms with Gasteiger partial charge in [0, 0.05) is 23.9 Å². The Morgan fingerprint density at radius 1 is 1.05 bits per heavy atom. The van der Waals surface area contributed by atoms with Gasteiger partial charge < -0.3 is 4.74 Å². The molecule has 1 heterocycles. The van der Waals surface area contributed by atoms with Crippen molar-refractivity contribution in [3.63, 3.8) is 0 Å². The number of hydrogen-bond acceptors (Lipinski definition) is 2. The number of rotatable bonds is 8. The molecule has 0 saturated carbocycles. The van der Waals surface area contributed by atoms with E-state index >= 15 is 0 Å². The lowest BCUT2D eigenvalue weighted by Gasteiger charge is -2.15. The van der Waals surface area contributed by atoms with Crippen molar-refractivity contribution >= 4 is 0 Å². The van der Waals surface area contributed by atoms with E-state index in [2.05, 4.69) is 57.2 Å². The van der Waals surface area contributed by atoms with E-state index in [4.69, 9.17) is 9.72 Å². The summed E-state index contributed by atoms with van der Waals surface area (Å²) in [6.07, 6.45) is 3.36. The molecule has 0 saturated heterocycles. The molecule has 0 aliphatic heterocycles. The number of benzene rings is 1. The summed E-state index contributed by atoms with van der Waals surface area (Å²) < 4.78 is 5.77. The van der Waals surface area contributed by atoms with Crippen molar-refractivity contribution in [3.8, 4) is 0 Å². The molecule has 0 N–H and O–H groups in total. The van der Waals surface area contributed by atoms with Crippen molar-refractivity contribution < 1.29 is 4.74 Å². The molecule has 1 unspecified atom stereocenters. The molecule has 1 aromatic carbocycles. The Morgan fingerprint density at radius 2 is 1.82 bits per heavy atom. The van der Waals surface area contributed by atoms with Crippen LogP contribution in [0, 0.1) is 13.8 Å². The van der Waals surface area contributed by atoms with Crippen LogP contribution >= 0.6 is 0 Å². The maximum absolute atomic E-state index is 5.77. The summed E-state index contributed by atoms with van der Waals surface area (Å²) in [6.45, 7) is 7.97. The van der Waals surface area contributed by atoms with Crippen molar-refractivity contribution in [2.75, 3.05) is 6.61 Å². The third kappa shape index (κ3) is 4.96. The minimum Gasteiger partial charge on any atom is -0.377 e. The molecule has 2 aromatic rings. The highest BCUT2D eigenvalue weighted by Crippen LogP contribution is 2.24. The average Bonchev–Trinajstić information content (AvgIpc) is 2.55.